The fraction of sp³-hybridized carbons (Fsp3) is 0.600. The highest BCUT2D eigenvalue weighted by atomic mass is 16.5. The van der Waals surface area contributed by atoms with Crippen LogP contribution in [0.5, 0.6) is 0 Å². The van der Waals surface area contributed by atoms with Crippen molar-refractivity contribution in [2.45, 2.75) is 33.9 Å². The molecule has 0 amide bonds. The van der Waals surface area contributed by atoms with Crippen LogP contribution in [0, 0.1) is 0 Å². The third-order valence-corrected chi connectivity index (χ3v) is 2.19. The van der Waals surface area contributed by atoms with Crippen LogP contribution in [-0.4, -0.2) is 21.7 Å². The molecule has 0 radical (unpaired) electrons. The summed E-state index contributed by atoms with van der Waals surface area (Å²) in [6.45, 7) is 6.76. The molecule has 5 nitrogen and oxygen atoms in total. The van der Waals surface area contributed by atoms with Crippen molar-refractivity contribution in [1.82, 2.24) is 9.13 Å². The molecular formula is C10H16N2O3. The first-order chi connectivity index (χ1) is 7.15. The minimum absolute atomic E-state index is 0.164. The van der Waals surface area contributed by atoms with Gasteiger partial charge < -0.3 is 4.74 Å². The van der Waals surface area contributed by atoms with Crippen LogP contribution in [0.15, 0.2) is 11.0 Å². The summed E-state index contributed by atoms with van der Waals surface area (Å²) < 4.78 is 7.79. The molecule has 84 valence electrons. The zero-order valence-corrected chi connectivity index (χ0v) is 9.32. The average Bonchev–Trinajstić information content (AvgIpc) is 2.55. The van der Waals surface area contributed by atoms with Crippen molar-refractivity contribution in [3.8, 4) is 0 Å². The van der Waals surface area contributed by atoms with Crippen LogP contribution in [0.1, 0.15) is 31.3 Å². The van der Waals surface area contributed by atoms with Crippen LogP contribution >= 0.6 is 0 Å². The monoisotopic (exact) mass is 212 g/mol. The average molecular weight is 212 g/mol. The second-order valence-corrected chi connectivity index (χ2v) is 3.05. The third kappa shape index (κ3) is 2.11. The smallest absolute Gasteiger partial charge is 0.356 e. The van der Waals surface area contributed by atoms with Crippen molar-refractivity contribution in [3.63, 3.8) is 0 Å². The van der Waals surface area contributed by atoms with Gasteiger partial charge in [-0.2, -0.15) is 0 Å². The van der Waals surface area contributed by atoms with Gasteiger partial charge in [0.05, 0.1) is 6.61 Å². The number of imidazole rings is 1. The number of rotatable bonds is 4. The van der Waals surface area contributed by atoms with Gasteiger partial charge in [-0.1, -0.05) is 0 Å². The van der Waals surface area contributed by atoms with Gasteiger partial charge in [0.1, 0.15) is 5.69 Å². The summed E-state index contributed by atoms with van der Waals surface area (Å²) in [6.07, 6.45) is 1.55. The van der Waals surface area contributed by atoms with E-state index in [2.05, 4.69) is 0 Å². The van der Waals surface area contributed by atoms with Gasteiger partial charge in [0.15, 0.2) is 0 Å². The molecule has 5 heteroatoms. The second kappa shape index (κ2) is 4.82. The molecule has 0 saturated carbocycles. The van der Waals surface area contributed by atoms with Gasteiger partial charge in [0.2, 0.25) is 0 Å². The Morgan fingerprint density at radius 1 is 1.33 bits per heavy atom. The summed E-state index contributed by atoms with van der Waals surface area (Å²) in [6, 6.07) is 0. The molecule has 0 unspecified atom stereocenters. The predicted molar refractivity (Wildman–Crippen MR) is 56.0 cm³/mol. The molecule has 1 aromatic heterocycles. The lowest BCUT2D eigenvalue weighted by molar-refractivity contribution is 0.0513. The summed E-state index contributed by atoms with van der Waals surface area (Å²) in [5, 5.41) is 0. The Morgan fingerprint density at radius 2 is 2.00 bits per heavy atom. The number of carbonyl (C=O) groups is 1. The number of esters is 1. The molecule has 0 N–H and O–H groups in total. The number of aryl methyl sites for hydroxylation is 1. The highest BCUT2D eigenvalue weighted by Gasteiger charge is 2.16. The van der Waals surface area contributed by atoms with E-state index in [4.69, 9.17) is 4.74 Å². The lowest BCUT2D eigenvalue weighted by Gasteiger charge is -2.02. The number of hydrogen-bond acceptors (Lipinski definition) is 3. The van der Waals surface area contributed by atoms with E-state index < -0.39 is 5.97 Å². The molecule has 0 spiro atoms. The van der Waals surface area contributed by atoms with Crippen molar-refractivity contribution in [2.75, 3.05) is 6.61 Å². The van der Waals surface area contributed by atoms with Crippen LogP contribution in [-0.2, 0) is 17.8 Å². The lowest BCUT2D eigenvalue weighted by atomic mass is 10.4. The molecule has 0 saturated heterocycles. The predicted octanol–water partition coefficient (Wildman–Crippen LogP) is 0.866. The van der Waals surface area contributed by atoms with Gasteiger partial charge in [-0.25, -0.2) is 9.59 Å². The van der Waals surface area contributed by atoms with Crippen LogP contribution in [0.2, 0.25) is 0 Å². The molecular weight excluding hydrogens is 196 g/mol. The molecule has 0 aromatic carbocycles. The van der Waals surface area contributed by atoms with Crippen molar-refractivity contribution < 1.29 is 9.53 Å². The first-order valence-electron chi connectivity index (χ1n) is 5.12. The highest BCUT2D eigenvalue weighted by Crippen LogP contribution is 2.01. The Hall–Kier alpha value is -1.52. The second-order valence-electron chi connectivity index (χ2n) is 3.05. The Morgan fingerprint density at radius 3 is 2.47 bits per heavy atom. The topological polar surface area (TPSA) is 53.2 Å². The maximum Gasteiger partial charge on any atom is 0.356 e. The molecule has 1 heterocycles. The van der Waals surface area contributed by atoms with E-state index in [0.29, 0.717) is 25.4 Å². The number of ether oxygens (including phenoxy) is 1. The van der Waals surface area contributed by atoms with Gasteiger partial charge in [-0.15, -0.1) is 0 Å². The quantitative estimate of drug-likeness (QED) is 0.696. The third-order valence-electron chi connectivity index (χ3n) is 2.19. The van der Waals surface area contributed by atoms with Gasteiger partial charge in [0.25, 0.3) is 0 Å². The minimum atomic E-state index is -0.441. The van der Waals surface area contributed by atoms with E-state index in [1.165, 1.54) is 9.13 Å². The fourth-order valence-corrected chi connectivity index (χ4v) is 1.43. The normalized spacial score (nSPS) is 10.3. The van der Waals surface area contributed by atoms with E-state index in [-0.39, 0.29) is 5.69 Å². The minimum Gasteiger partial charge on any atom is -0.461 e. The number of nitrogens with zero attached hydrogens (tertiary/aromatic N) is 2. The summed E-state index contributed by atoms with van der Waals surface area (Å²) in [5.41, 5.74) is 0.161. The van der Waals surface area contributed by atoms with Crippen LogP contribution in [0.25, 0.3) is 0 Å². The van der Waals surface area contributed by atoms with Crippen molar-refractivity contribution in [3.05, 3.63) is 22.4 Å². The number of carbonyl (C=O) groups excluding carboxylic acids is 1. The van der Waals surface area contributed by atoms with Gasteiger partial charge in [-0.05, 0) is 20.8 Å². The number of hydrogen-bond donors (Lipinski definition) is 0. The maximum atomic E-state index is 11.7. The van der Waals surface area contributed by atoms with Crippen molar-refractivity contribution in [2.24, 2.45) is 0 Å². The molecule has 1 rings (SSSR count). The molecule has 0 aliphatic carbocycles. The molecule has 15 heavy (non-hydrogen) atoms. The zero-order valence-electron chi connectivity index (χ0n) is 9.32. The summed E-state index contributed by atoms with van der Waals surface area (Å²) >= 11 is 0. The van der Waals surface area contributed by atoms with Crippen LogP contribution < -0.4 is 5.69 Å². The van der Waals surface area contributed by atoms with Gasteiger partial charge in [-0.3, -0.25) is 9.13 Å². The molecule has 0 bridgehead atoms. The number of aromatic nitrogens is 2. The fourth-order valence-electron chi connectivity index (χ4n) is 1.43. The van der Waals surface area contributed by atoms with Crippen molar-refractivity contribution >= 4 is 5.97 Å². The van der Waals surface area contributed by atoms with Crippen molar-refractivity contribution in [1.29, 1.82) is 0 Å². The van der Waals surface area contributed by atoms with E-state index in [1.54, 1.807) is 13.1 Å². The van der Waals surface area contributed by atoms with Gasteiger partial charge >= 0.3 is 11.7 Å². The van der Waals surface area contributed by atoms with Gasteiger partial charge in [0, 0.05) is 19.3 Å². The summed E-state index contributed by atoms with van der Waals surface area (Å²) in [5.74, 6) is -0.441. The molecule has 0 atom stereocenters. The Balaban J connectivity index is 3.17. The Bertz CT molecular complexity index is 403. The molecule has 0 aliphatic rings. The molecule has 0 aliphatic heterocycles. The van der Waals surface area contributed by atoms with E-state index in [9.17, 15) is 9.59 Å². The standard InChI is InChI=1S/C10H16N2O3/c1-4-11-7-8(9(13)15-6-3)12(5-2)10(11)14/h7H,4-6H2,1-3H3. The van der Waals surface area contributed by atoms with Crippen LogP contribution in [0.3, 0.4) is 0 Å². The molecule has 0 fully saturated rings. The van der Waals surface area contributed by atoms with Crippen LogP contribution in [0.4, 0.5) is 0 Å². The molecule has 1 aromatic rings. The Labute approximate surface area is 88.3 Å². The van der Waals surface area contributed by atoms with E-state index in [0.717, 1.165) is 0 Å². The highest BCUT2D eigenvalue weighted by molar-refractivity contribution is 5.87. The lowest BCUT2D eigenvalue weighted by Crippen LogP contribution is -2.25. The summed E-state index contributed by atoms with van der Waals surface area (Å²) in [7, 11) is 0. The largest absolute Gasteiger partial charge is 0.461 e. The van der Waals surface area contributed by atoms with E-state index >= 15 is 0 Å². The first-order valence-corrected chi connectivity index (χ1v) is 5.12. The van der Waals surface area contributed by atoms with E-state index in [1.807, 2.05) is 13.8 Å². The summed E-state index contributed by atoms with van der Waals surface area (Å²) in [4.78, 5) is 23.2. The first kappa shape index (κ1) is 11.6. The maximum absolute atomic E-state index is 11.7. The zero-order chi connectivity index (χ0) is 11.4. The SMILES string of the molecule is CCOC(=O)c1cn(CC)c(=O)n1CC. The Kier molecular flexibility index (Phi) is 3.71.